The van der Waals surface area contributed by atoms with E-state index in [1.54, 1.807) is 0 Å². The minimum atomic E-state index is 0.204. The molecule has 1 unspecified atom stereocenters. The lowest BCUT2D eigenvalue weighted by Gasteiger charge is -2.18. The minimum absolute atomic E-state index is 0.204. The molecular formula is C15H21BrN4. The molecule has 2 aromatic rings. The molecule has 5 heteroatoms. The number of aromatic nitrogens is 3. The molecule has 2 heterocycles. The summed E-state index contributed by atoms with van der Waals surface area (Å²) in [6.07, 6.45) is 7.71. The quantitative estimate of drug-likeness (QED) is 0.843. The first-order valence-corrected chi connectivity index (χ1v) is 7.88. The van der Waals surface area contributed by atoms with Gasteiger partial charge in [0.1, 0.15) is 5.82 Å². The zero-order valence-corrected chi connectivity index (χ0v) is 13.6. The molecule has 0 aliphatic carbocycles. The van der Waals surface area contributed by atoms with Gasteiger partial charge < -0.3 is 9.88 Å². The maximum atomic E-state index is 4.52. The third kappa shape index (κ3) is 3.90. The van der Waals surface area contributed by atoms with Gasteiger partial charge in [0, 0.05) is 36.0 Å². The first kappa shape index (κ1) is 15.2. The minimum Gasteiger partial charge on any atom is -0.335 e. The molecular weight excluding hydrogens is 316 g/mol. The monoisotopic (exact) mass is 336 g/mol. The van der Waals surface area contributed by atoms with Gasteiger partial charge in [0.2, 0.25) is 0 Å². The zero-order chi connectivity index (χ0) is 14.4. The van der Waals surface area contributed by atoms with E-state index in [1.165, 1.54) is 0 Å². The van der Waals surface area contributed by atoms with Gasteiger partial charge in [-0.15, -0.1) is 0 Å². The largest absolute Gasteiger partial charge is 0.335 e. The maximum absolute atomic E-state index is 4.52. The van der Waals surface area contributed by atoms with Crippen molar-refractivity contribution in [1.82, 2.24) is 19.9 Å². The normalized spacial score (nSPS) is 12.6. The van der Waals surface area contributed by atoms with Gasteiger partial charge in [-0.3, -0.25) is 4.98 Å². The van der Waals surface area contributed by atoms with E-state index >= 15 is 0 Å². The van der Waals surface area contributed by atoms with E-state index in [2.05, 4.69) is 55.7 Å². The second kappa shape index (κ2) is 7.55. The number of aryl methyl sites for hydroxylation is 1. The first-order chi connectivity index (χ1) is 9.74. The van der Waals surface area contributed by atoms with E-state index in [0.717, 1.165) is 41.9 Å². The van der Waals surface area contributed by atoms with Crippen LogP contribution in [0.4, 0.5) is 0 Å². The number of nitrogens with zero attached hydrogens (tertiary/aromatic N) is 3. The number of hydrogen-bond donors (Lipinski definition) is 1. The van der Waals surface area contributed by atoms with E-state index < -0.39 is 0 Å². The fraction of sp³-hybridized carbons (Fsp3) is 0.467. The summed E-state index contributed by atoms with van der Waals surface area (Å²) < 4.78 is 3.19. The summed E-state index contributed by atoms with van der Waals surface area (Å²) in [4.78, 5) is 8.99. The Kier molecular flexibility index (Phi) is 5.73. The molecule has 1 N–H and O–H groups in total. The van der Waals surface area contributed by atoms with Gasteiger partial charge in [-0.1, -0.05) is 6.92 Å². The smallest absolute Gasteiger partial charge is 0.110 e. The van der Waals surface area contributed by atoms with Gasteiger partial charge in [-0.2, -0.15) is 0 Å². The highest BCUT2D eigenvalue weighted by Gasteiger charge is 2.15. The molecule has 4 nitrogen and oxygen atoms in total. The molecule has 0 saturated carbocycles. The lowest BCUT2D eigenvalue weighted by atomic mass is 10.1. The summed E-state index contributed by atoms with van der Waals surface area (Å²) in [5, 5.41) is 3.56. The van der Waals surface area contributed by atoms with Crippen LogP contribution in [0.3, 0.4) is 0 Å². The molecule has 0 fully saturated rings. The Hall–Kier alpha value is -1.20. The van der Waals surface area contributed by atoms with Gasteiger partial charge in [0.25, 0.3) is 0 Å². The van der Waals surface area contributed by atoms with Gasteiger partial charge in [0.05, 0.1) is 11.7 Å². The Morgan fingerprint density at radius 2 is 2.15 bits per heavy atom. The van der Waals surface area contributed by atoms with Crippen molar-refractivity contribution in [2.75, 3.05) is 6.54 Å². The molecule has 0 amide bonds. The standard InChI is InChI=1S/C15H21BrN4/c1-3-7-17-14(13-6-5-12(16)11-19-13)10-15-18-8-9-20(15)4-2/h5-6,8-9,11,14,17H,3-4,7,10H2,1-2H3. The highest BCUT2D eigenvalue weighted by Crippen LogP contribution is 2.18. The zero-order valence-electron chi connectivity index (χ0n) is 12.0. The highest BCUT2D eigenvalue weighted by atomic mass is 79.9. The molecule has 1 atom stereocenters. The van der Waals surface area contributed by atoms with E-state index in [0.29, 0.717) is 0 Å². The van der Waals surface area contributed by atoms with Crippen LogP contribution in [-0.4, -0.2) is 21.1 Å². The van der Waals surface area contributed by atoms with Gasteiger partial charge in [-0.05, 0) is 48.0 Å². The lowest BCUT2D eigenvalue weighted by Crippen LogP contribution is -2.26. The number of rotatable bonds is 7. The molecule has 0 radical (unpaired) electrons. The summed E-state index contributed by atoms with van der Waals surface area (Å²) >= 11 is 3.43. The molecule has 0 aliphatic heterocycles. The number of nitrogens with one attached hydrogen (secondary N) is 1. The van der Waals surface area contributed by atoms with Crippen LogP contribution in [-0.2, 0) is 13.0 Å². The number of imidazole rings is 1. The predicted octanol–water partition coefficient (Wildman–Crippen LogP) is 3.34. The molecule has 0 spiro atoms. The SMILES string of the molecule is CCCNC(Cc1nccn1CC)c1ccc(Br)cn1. The van der Waals surface area contributed by atoms with Crippen LogP contribution in [0.25, 0.3) is 0 Å². The van der Waals surface area contributed by atoms with Crippen molar-refractivity contribution < 1.29 is 0 Å². The van der Waals surface area contributed by atoms with Crippen molar-refractivity contribution in [3.05, 3.63) is 46.7 Å². The van der Waals surface area contributed by atoms with Crippen LogP contribution in [0.1, 0.15) is 37.8 Å². The van der Waals surface area contributed by atoms with Gasteiger partial charge in [0.15, 0.2) is 0 Å². The summed E-state index contributed by atoms with van der Waals surface area (Å²) in [6, 6.07) is 4.31. The Balaban J connectivity index is 2.17. The van der Waals surface area contributed by atoms with Crippen molar-refractivity contribution in [1.29, 1.82) is 0 Å². The molecule has 0 aromatic carbocycles. The molecule has 108 valence electrons. The van der Waals surface area contributed by atoms with Crippen molar-refractivity contribution in [2.45, 2.75) is 39.3 Å². The van der Waals surface area contributed by atoms with Crippen LogP contribution >= 0.6 is 15.9 Å². The Bertz CT molecular complexity index is 521. The first-order valence-electron chi connectivity index (χ1n) is 7.09. The van der Waals surface area contributed by atoms with Crippen molar-refractivity contribution in [3.8, 4) is 0 Å². The third-order valence-corrected chi connectivity index (χ3v) is 3.75. The summed E-state index contributed by atoms with van der Waals surface area (Å²) in [5.74, 6) is 1.10. The number of hydrogen-bond acceptors (Lipinski definition) is 3. The third-order valence-electron chi connectivity index (χ3n) is 3.28. The fourth-order valence-electron chi connectivity index (χ4n) is 2.19. The van der Waals surface area contributed by atoms with Crippen molar-refractivity contribution in [3.63, 3.8) is 0 Å². The lowest BCUT2D eigenvalue weighted by molar-refractivity contribution is 0.496. The summed E-state index contributed by atoms with van der Waals surface area (Å²) in [7, 11) is 0. The summed E-state index contributed by atoms with van der Waals surface area (Å²) in [6.45, 7) is 6.24. The second-order valence-electron chi connectivity index (χ2n) is 4.74. The molecule has 2 aromatic heterocycles. The van der Waals surface area contributed by atoms with E-state index in [9.17, 15) is 0 Å². The van der Waals surface area contributed by atoms with Crippen LogP contribution in [0.15, 0.2) is 35.2 Å². The average molecular weight is 337 g/mol. The molecule has 20 heavy (non-hydrogen) atoms. The number of halogens is 1. The van der Waals surface area contributed by atoms with E-state index in [1.807, 2.05) is 24.7 Å². The van der Waals surface area contributed by atoms with Crippen LogP contribution in [0.2, 0.25) is 0 Å². The van der Waals surface area contributed by atoms with Crippen molar-refractivity contribution in [2.24, 2.45) is 0 Å². The van der Waals surface area contributed by atoms with Gasteiger partial charge >= 0.3 is 0 Å². The fourth-order valence-corrected chi connectivity index (χ4v) is 2.43. The van der Waals surface area contributed by atoms with E-state index in [4.69, 9.17) is 0 Å². The molecule has 0 aliphatic rings. The molecule has 0 saturated heterocycles. The van der Waals surface area contributed by atoms with Crippen molar-refractivity contribution >= 4 is 15.9 Å². The number of pyridine rings is 1. The Morgan fingerprint density at radius 1 is 1.30 bits per heavy atom. The molecule has 2 rings (SSSR count). The predicted molar refractivity (Wildman–Crippen MR) is 84.6 cm³/mol. The van der Waals surface area contributed by atoms with Crippen LogP contribution < -0.4 is 5.32 Å². The Labute approximate surface area is 128 Å². The highest BCUT2D eigenvalue weighted by molar-refractivity contribution is 9.10. The van der Waals surface area contributed by atoms with Crippen LogP contribution in [0.5, 0.6) is 0 Å². The average Bonchev–Trinajstić information content (AvgIpc) is 2.91. The second-order valence-corrected chi connectivity index (χ2v) is 5.66. The topological polar surface area (TPSA) is 42.7 Å². The van der Waals surface area contributed by atoms with E-state index in [-0.39, 0.29) is 6.04 Å². The summed E-state index contributed by atoms with van der Waals surface area (Å²) in [5.41, 5.74) is 1.06. The molecule has 0 bridgehead atoms. The maximum Gasteiger partial charge on any atom is 0.110 e. The Morgan fingerprint density at radius 3 is 2.80 bits per heavy atom. The van der Waals surface area contributed by atoms with Crippen LogP contribution in [0, 0.1) is 0 Å². The van der Waals surface area contributed by atoms with Gasteiger partial charge in [-0.25, -0.2) is 4.98 Å².